The van der Waals surface area contributed by atoms with Gasteiger partial charge in [-0.15, -0.1) is 0 Å². The molecule has 1 aliphatic rings. The van der Waals surface area contributed by atoms with Gasteiger partial charge in [0.15, 0.2) is 0 Å². The third-order valence-corrected chi connectivity index (χ3v) is 8.16. The lowest BCUT2D eigenvalue weighted by molar-refractivity contribution is 0.177. The molecule has 0 amide bonds. The number of ether oxygens (including phenoxy) is 1. The molecule has 0 saturated heterocycles. The van der Waals surface area contributed by atoms with Gasteiger partial charge in [-0.1, -0.05) is 128 Å². The van der Waals surface area contributed by atoms with Crippen LogP contribution in [-0.4, -0.2) is 6.61 Å². The number of halogens is 1. The molecular weight excluding hydrogens is 443 g/mol. The molecule has 1 fully saturated rings. The number of aryl methyl sites for hydroxylation is 1. The van der Waals surface area contributed by atoms with Crippen molar-refractivity contribution in [1.82, 2.24) is 0 Å². The van der Waals surface area contributed by atoms with Crippen LogP contribution >= 0.6 is 0 Å². The first-order valence-corrected chi connectivity index (χ1v) is 15.2. The summed E-state index contributed by atoms with van der Waals surface area (Å²) in [6.45, 7) is 5.18. The third kappa shape index (κ3) is 10.3. The van der Waals surface area contributed by atoms with Crippen molar-refractivity contribution in [2.24, 2.45) is 11.8 Å². The smallest absolute Gasteiger partial charge is 0.134 e. The quantitative estimate of drug-likeness (QED) is 0.199. The molecule has 0 heterocycles. The largest absolute Gasteiger partial charge is 0.493 e. The van der Waals surface area contributed by atoms with E-state index in [1.165, 1.54) is 102 Å². The Morgan fingerprint density at radius 2 is 1.31 bits per heavy atom. The predicted molar refractivity (Wildman–Crippen MR) is 153 cm³/mol. The lowest BCUT2D eigenvalue weighted by Crippen LogP contribution is -2.20. The number of rotatable bonds is 17. The average Bonchev–Trinajstić information content (AvgIpc) is 2.90. The number of hydrogen-bond acceptors (Lipinski definition) is 1. The van der Waals surface area contributed by atoms with E-state index in [1.807, 2.05) is 24.3 Å². The summed E-state index contributed by atoms with van der Waals surface area (Å²) in [4.78, 5) is 0. The Morgan fingerprint density at radius 1 is 0.694 bits per heavy atom. The summed E-state index contributed by atoms with van der Waals surface area (Å²) in [5.74, 6) is 1.99. The van der Waals surface area contributed by atoms with Crippen LogP contribution in [0.4, 0.5) is 4.39 Å². The van der Waals surface area contributed by atoms with Crippen LogP contribution in [0.5, 0.6) is 5.75 Å². The molecule has 0 atom stereocenters. The topological polar surface area (TPSA) is 9.23 Å². The summed E-state index contributed by atoms with van der Waals surface area (Å²) in [5, 5.41) is 0. The molecule has 0 aliphatic heterocycles. The van der Waals surface area contributed by atoms with Crippen molar-refractivity contribution in [1.29, 1.82) is 0 Å². The van der Waals surface area contributed by atoms with Crippen LogP contribution < -0.4 is 4.74 Å². The average molecular weight is 495 g/mol. The van der Waals surface area contributed by atoms with Crippen molar-refractivity contribution in [3.8, 4) is 16.9 Å². The molecule has 1 aliphatic carbocycles. The van der Waals surface area contributed by atoms with E-state index in [2.05, 4.69) is 26.0 Å². The second kappa shape index (κ2) is 16.8. The van der Waals surface area contributed by atoms with E-state index in [1.54, 1.807) is 6.07 Å². The summed E-state index contributed by atoms with van der Waals surface area (Å²) >= 11 is 0. The molecule has 3 rings (SSSR count). The maximum Gasteiger partial charge on any atom is 0.134 e. The molecular formula is C34H51FO. The summed E-state index contributed by atoms with van der Waals surface area (Å²) in [7, 11) is 0. The van der Waals surface area contributed by atoms with Crippen molar-refractivity contribution in [2.45, 2.75) is 123 Å². The minimum atomic E-state index is -0.198. The van der Waals surface area contributed by atoms with Gasteiger partial charge in [0.05, 0.1) is 6.61 Å². The van der Waals surface area contributed by atoms with Gasteiger partial charge in [-0.25, -0.2) is 4.39 Å². The molecule has 1 nitrogen and oxygen atoms in total. The van der Waals surface area contributed by atoms with E-state index in [0.717, 1.165) is 30.9 Å². The molecule has 1 saturated carbocycles. The van der Waals surface area contributed by atoms with Crippen LogP contribution in [0, 0.1) is 17.7 Å². The van der Waals surface area contributed by atoms with Gasteiger partial charge < -0.3 is 4.74 Å². The van der Waals surface area contributed by atoms with Crippen LogP contribution in [0.2, 0.25) is 0 Å². The van der Waals surface area contributed by atoms with Gasteiger partial charge in [-0.3, -0.25) is 0 Å². The van der Waals surface area contributed by atoms with Gasteiger partial charge in [-0.2, -0.15) is 0 Å². The Hall–Kier alpha value is -1.83. The van der Waals surface area contributed by atoms with Crippen molar-refractivity contribution in [3.05, 3.63) is 53.8 Å². The van der Waals surface area contributed by atoms with Gasteiger partial charge in [-0.05, 0) is 54.4 Å². The zero-order valence-electron chi connectivity index (χ0n) is 23.2. The number of hydrogen-bond donors (Lipinski definition) is 0. The molecule has 0 radical (unpaired) electrons. The first kappa shape index (κ1) is 28.7. The summed E-state index contributed by atoms with van der Waals surface area (Å²) < 4.78 is 20.8. The number of benzene rings is 2. The second-order valence-corrected chi connectivity index (χ2v) is 11.3. The molecule has 2 aromatic carbocycles. The van der Waals surface area contributed by atoms with E-state index in [0.29, 0.717) is 17.2 Å². The van der Waals surface area contributed by atoms with Crippen LogP contribution in [0.3, 0.4) is 0 Å². The normalized spacial score (nSPS) is 17.9. The maximum atomic E-state index is 14.8. The Balaban J connectivity index is 1.28. The fourth-order valence-corrected chi connectivity index (χ4v) is 5.78. The van der Waals surface area contributed by atoms with Crippen LogP contribution in [0.15, 0.2) is 42.5 Å². The van der Waals surface area contributed by atoms with Crippen molar-refractivity contribution in [3.63, 3.8) is 0 Å². The minimum Gasteiger partial charge on any atom is -0.493 e. The van der Waals surface area contributed by atoms with E-state index in [4.69, 9.17) is 4.74 Å². The molecule has 36 heavy (non-hydrogen) atoms. The molecule has 0 aromatic heterocycles. The van der Waals surface area contributed by atoms with Crippen molar-refractivity contribution < 1.29 is 9.13 Å². The zero-order valence-corrected chi connectivity index (χ0v) is 23.2. The van der Waals surface area contributed by atoms with Gasteiger partial charge in [0.1, 0.15) is 11.6 Å². The van der Waals surface area contributed by atoms with E-state index < -0.39 is 0 Å². The molecule has 0 bridgehead atoms. The molecule has 0 spiro atoms. The molecule has 0 unspecified atom stereocenters. The summed E-state index contributed by atoms with van der Waals surface area (Å²) in [5.41, 5.74) is 2.89. The Labute approximate surface area is 221 Å². The fourth-order valence-electron chi connectivity index (χ4n) is 5.78. The Kier molecular flexibility index (Phi) is 13.4. The highest BCUT2D eigenvalue weighted by Gasteiger charge is 2.21. The highest BCUT2D eigenvalue weighted by molar-refractivity contribution is 5.65. The molecule has 0 N–H and O–H groups in total. The third-order valence-electron chi connectivity index (χ3n) is 8.16. The van der Waals surface area contributed by atoms with Gasteiger partial charge in [0.25, 0.3) is 0 Å². The van der Waals surface area contributed by atoms with Crippen LogP contribution in [-0.2, 0) is 6.42 Å². The van der Waals surface area contributed by atoms with Crippen molar-refractivity contribution >= 4 is 0 Å². The molecule has 2 aromatic rings. The van der Waals surface area contributed by atoms with Gasteiger partial charge in [0.2, 0.25) is 0 Å². The maximum absolute atomic E-state index is 14.8. The summed E-state index contributed by atoms with van der Waals surface area (Å²) in [6, 6.07) is 13.6. The van der Waals surface area contributed by atoms with Crippen molar-refractivity contribution in [2.75, 3.05) is 6.61 Å². The van der Waals surface area contributed by atoms with Crippen LogP contribution in [0.1, 0.15) is 122 Å². The van der Waals surface area contributed by atoms with E-state index in [9.17, 15) is 4.39 Å². The van der Waals surface area contributed by atoms with Gasteiger partial charge in [0, 0.05) is 11.6 Å². The first-order chi connectivity index (χ1) is 17.7. The predicted octanol–water partition coefficient (Wildman–Crippen LogP) is 10.9. The molecule has 200 valence electrons. The molecule has 2 heteroatoms. The Bertz CT molecular complexity index is 835. The zero-order chi connectivity index (χ0) is 25.4. The van der Waals surface area contributed by atoms with Gasteiger partial charge >= 0.3 is 0 Å². The van der Waals surface area contributed by atoms with Crippen LogP contribution in [0.25, 0.3) is 11.1 Å². The lowest BCUT2D eigenvalue weighted by Gasteiger charge is -2.28. The second-order valence-electron chi connectivity index (χ2n) is 11.3. The summed E-state index contributed by atoms with van der Waals surface area (Å²) in [6.07, 6.45) is 23.0. The van der Waals surface area contributed by atoms with E-state index >= 15 is 0 Å². The fraction of sp³-hybridized carbons (Fsp3) is 0.647. The highest BCUT2D eigenvalue weighted by atomic mass is 19.1. The SMILES string of the molecule is CCCCCCCCCCCCC1CCC(COc2ccc(-c3ccc(CCC)cc3)c(F)c2)CC1. The van der Waals surface area contributed by atoms with E-state index in [-0.39, 0.29) is 5.82 Å². The highest BCUT2D eigenvalue weighted by Crippen LogP contribution is 2.33. The number of unbranched alkanes of at least 4 members (excludes halogenated alkanes) is 9. The lowest BCUT2D eigenvalue weighted by atomic mass is 9.80. The first-order valence-electron chi connectivity index (χ1n) is 15.2. The monoisotopic (exact) mass is 494 g/mol. The Morgan fingerprint density at radius 3 is 1.92 bits per heavy atom. The minimum absolute atomic E-state index is 0.198. The standard InChI is InChI=1S/C34H51FO/c1-3-5-6-7-8-9-10-11-12-13-15-29-16-18-30(19-17-29)27-36-32-24-25-33(34(35)26-32)31-22-20-28(14-4-2)21-23-31/h20-26,29-30H,3-19,27H2,1-2H3.